The van der Waals surface area contributed by atoms with E-state index >= 15 is 0 Å². The van der Waals surface area contributed by atoms with E-state index in [1.165, 1.54) is 0 Å². The maximum atomic E-state index is 5.88. The van der Waals surface area contributed by atoms with Crippen LogP contribution in [0, 0.1) is 6.92 Å². The van der Waals surface area contributed by atoms with Crippen LogP contribution < -0.4 is 4.74 Å². The van der Waals surface area contributed by atoms with Crippen LogP contribution in [0.3, 0.4) is 0 Å². The fourth-order valence-electron chi connectivity index (χ4n) is 2.22. The Kier molecular flexibility index (Phi) is 4.02. The van der Waals surface area contributed by atoms with E-state index in [1.807, 2.05) is 19.9 Å². The molecule has 2 rings (SSSR count). The lowest BCUT2D eigenvalue weighted by Gasteiger charge is -2.32. The summed E-state index contributed by atoms with van der Waals surface area (Å²) in [5.41, 5.74) is 2.28. The van der Waals surface area contributed by atoms with Crippen LogP contribution >= 0.6 is 0 Å². The number of ether oxygens (including phenoxy) is 3. The van der Waals surface area contributed by atoms with Gasteiger partial charge in [0.1, 0.15) is 5.75 Å². The summed E-state index contributed by atoms with van der Waals surface area (Å²) in [5.74, 6) is 0.927. The number of aryl methyl sites for hydroxylation is 1. The number of hydrogen-bond donors (Lipinski definition) is 0. The smallest absolute Gasteiger partial charge is 0.202 e. The summed E-state index contributed by atoms with van der Waals surface area (Å²) in [7, 11) is 0. The highest BCUT2D eigenvalue weighted by atomic mass is 16.7. The Labute approximate surface area is 103 Å². The second-order valence-electron chi connectivity index (χ2n) is 4.18. The van der Waals surface area contributed by atoms with Crippen LogP contribution in [0.15, 0.2) is 18.2 Å². The molecule has 0 saturated heterocycles. The number of para-hydroxylation sites is 1. The average Bonchev–Trinajstić information content (AvgIpc) is 2.31. The minimum atomic E-state index is -0.190. The monoisotopic (exact) mass is 236 g/mol. The average molecular weight is 236 g/mol. The van der Waals surface area contributed by atoms with Crippen LogP contribution in [0.2, 0.25) is 0 Å². The first-order chi connectivity index (χ1) is 8.26. The van der Waals surface area contributed by atoms with Crippen LogP contribution in [-0.4, -0.2) is 19.5 Å². The van der Waals surface area contributed by atoms with Gasteiger partial charge in [0.2, 0.25) is 6.29 Å². The second-order valence-corrected chi connectivity index (χ2v) is 4.18. The third-order valence-corrected chi connectivity index (χ3v) is 2.97. The lowest BCUT2D eigenvalue weighted by molar-refractivity contribution is -0.122. The van der Waals surface area contributed by atoms with Gasteiger partial charge in [0, 0.05) is 25.2 Å². The fourth-order valence-corrected chi connectivity index (χ4v) is 2.22. The van der Waals surface area contributed by atoms with Crippen LogP contribution in [0.5, 0.6) is 5.75 Å². The van der Waals surface area contributed by atoms with Crippen molar-refractivity contribution < 1.29 is 14.2 Å². The zero-order chi connectivity index (χ0) is 12.3. The van der Waals surface area contributed by atoms with Gasteiger partial charge in [0.05, 0.1) is 6.10 Å². The van der Waals surface area contributed by atoms with Gasteiger partial charge in [-0.3, -0.25) is 0 Å². The summed E-state index contributed by atoms with van der Waals surface area (Å²) in [6.45, 7) is 7.41. The Balaban J connectivity index is 2.28. The van der Waals surface area contributed by atoms with Crippen LogP contribution in [0.25, 0.3) is 0 Å². The second kappa shape index (κ2) is 5.52. The topological polar surface area (TPSA) is 27.7 Å². The van der Waals surface area contributed by atoms with Gasteiger partial charge in [0.15, 0.2) is 0 Å². The van der Waals surface area contributed by atoms with E-state index in [9.17, 15) is 0 Å². The molecule has 1 aromatic rings. The van der Waals surface area contributed by atoms with Gasteiger partial charge in [0.25, 0.3) is 0 Å². The Morgan fingerprint density at radius 1 is 1.24 bits per heavy atom. The van der Waals surface area contributed by atoms with Crippen molar-refractivity contribution in [3.8, 4) is 5.75 Å². The van der Waals surface area contributed by atoms with Crippen molar-refractivity contribution in [1.82, 2.24) is 0 Å². The van der Waals surface area contributed by atoms with Crippen molar-refractivity contribution in [3.63, 3.8) is 0 Å². The molecule has 2 atom stereocenters. The van der Waals surface area contributed by atoms with E-state index in [0.717, 1.165) is 23.3 Å². The molecular formula is C14H20O3. The quantitative estimate of drug-likeness (QED) is 0.803. The number of hydrogen-bond acceptors (Lipinski definition) is 3. The largest absolute Gasteiger partial charge is 0.464 e. The Morgan fingerprint density at radius 3 is 2.71 bits per heavy atom. The van der Waals surface area contributed by atoms with Gasteiger partial charge in [-0.1, -0.05) is 18.2 Å². The van der Waals surface area contributed by atoms with Crippen molar-refractivity contribution in [2.45, 2.75) is 39.6 Å². The van der Waals surface area contributed by atoms with E-state index in [1.54, 1.807) is 0 Å². The van der Waals surface area contributed by atoms with E-state index in [0.29, 0.717) is 13.2 Å². The van der Waals surface area contributed by atoms with Crippen LogP contribution in [-0.2, 0) is 9.47 Å². The highest BCUT2D eigenvalue weighted by molar-refractivity contribution is 5.43. The van der Waals surface area contributed by atoms with Crippen molar-refractivity contribution in [1.29, 1.82) is 0 Å². The summed E-state index contributed by atoms with van der Waals surface area (Å²) < 4.78 is 17.2. The summed E-state index contributed by atoms with van der Waals surface area (Å²) in [6.07, 6.45) is 0.656. The molecule has 1 heterocycles. The van der Waals surface area contributed by atoms with Crippen molar-refractivity contribution in [3.05, 3.63) is 29.3 Å². The molecule has 1 aliphatic rings. The molecule has 17 heavy (non-hydrogen) atoms. The zero-order valence-electron chi connectivity index (χ0n) is 10.7. The molecule has 0 spiro atoms. The molecule has 1 aromatic carbocycles. The number of fused-ring (bicyclic) bond motifs is 1. The fraction of sp³-hybridized carbons (Fsp3) is 0.571. The minimum absolute atomic E-state index is 0.0835. The highest BCUT2D eigenvalue weighted by Crippen LogP contribution is 2.39. The van der Waals surface area contributed by atoms with Gasteiger partial charge in [-0.05, 0) is 26.3 Å². The summed E-state index contributed by atoms with van der Waals surface area (Å²) >= 11 is 0. The predicted molar refractivity (Wildman–Crippen MR) is 66.2 cm³/mol. The maximum Gasteiger partial charge on any atom is 0.202 e. The Bertz CT molecular complexity index is 376. The zero-order valence-corrected chi connectivity index (χ0v) is 10.7. The molecule has 1 aliphatic heterocycles. The van der Waals surface area contributed by atoms with Crippen LogP contribution in [0.1, 0.15) is 37.5 Å². The SMILES string of the molecule is CCOC1CC(OCC)c2cccc(C)c2O1. The summed E-state index contributed by atoms with van der Waals surface area (Å²) in [4.78, 5) is 0. The molecule has 0 radical (unpaired) electrons. The first-order valence-electron chi connectivity index (χ1n) is 6.25. The van der Waals surface area contributed by atoms with Crippen LogP contribution in [0.4, 0.5) is 0 Å². The molecule has 0 aliphatic carbocycles. The van der Waals surface area contributed by atoms with E-state index < -0.39 is 0 Å². The molecule has 3 heteroatoms. The molecule has 94 valence electrons. The van der Waals surface area contributed by atoms with E-state index in [-0.39, 0.29) is 12.4 Å². The normalized spacial score (nSPS) is 23.0. The number of rotatable bonds is 4. The summed E-state index contributed by atoms with van der Waals surface area (Å²) in [5, 5.41) is 0. The third-order valence-electron chi connectivity index (χ3n) is 2.97. The maximum absolute atomic E-state index is 5.88. The van der Waals surface area contributed by atoms with Crippen molar-refractivity contribution in [2.75, 3.05) is 13.2 Å². The number of benzene rings is 1. The van der Waals surface area contributed by atoms with Gasteiger partial charge in [-0.2, -0.15) is 0 Å². The lowest BCUT2D eigenvalue weighted by Crippen LogP contribution is -2.29. The van der Waals surface area contributed by atoms with Crippen molar-refractivity contribution in [2.24, 2.45) is 0 Å². The van der Waals surface area contributed by atoms with Gasteiger partial charge >= 0.3 is 0 Å². The first kappa shape index (κ1) is 12.4. The standard InChI is InChI=1S/C14H20O3/c1-4-15-12-9-13(16-5-2)17-14-10(3)7-6-8-11(12)14/h6-8,12-13H,4-5,9H2,1-3H3. The predicted octanol–water partition coefficient (Wildman–Crippen LogP) is 3.22. The molecule has 2 unspecified atom stereocenters. The molecule has 0 aromatic heterocycles. The Hall–Kier alpha value is -1.06. The minimum Gasteiger partial charge on any atom is -0.464 e. The first-order valence-corrected chi connectivity index (χ1v) is 6.25. The van der Waals surface area contributed by atoms with E-state index in [4.69, 9.17) is 14.2 Å². The molecule has 0 saturated carbocycles. The third kappa shape index (κ3) is 2.61. The van der Waals surface area contributed by atoms with Gasteiger partial charge < -0.3 is 14.2 Å². The van der Waals surface area contributed by atoms with Gasteiger partial charge in [-0.15, -0.1) is 0 Å². The van der Waals surface area contributed by atoms with E-state index in [2.05, 4.69) is 19.1 Å². The van der Waals surface area contributed by atoms with Crippen molar-refractivity contribution >= 4 is 0 Å². The molecule has 0 fully saturated rings. The van der Waals surface area contributed by atoms with Gasteiger partial charge in [-0.25, -0.2) is 0 Å². The molecule has 3 nitrogen and oxygen atoms in total. The summed E-state index contributed by atoms with van der Waals surface area (Å²) in [6, 6.07) is 6.17. The Morgan fingerprint density at radius 2 is 2.00 bits per heavy atom. The molecular weight excluding hydrogens is 216 g/mol. The molecule has 0 bridgehead atoms. The highest BCUT2D eigenvalue weighted by Gasteiger charge is 2.29. The molecule has 0 amide bonds. The lowest BCUT2D eigenvalue weighted by atomic mass is 9.99. The molecule has 0 N–H and O–H groups in total.